The molecule has 0 bridgehead atoms. The van der Waals surface area contributed by atoms with Crippen LogP contribution in [-0.2, 0) is 11.2 Å². The van der Waals surface area contributed by atoms with Crippen molar-refractivity contribution in [3.05, 3.63) is 65.2 Å². The van der Waals surface area contributed by atoms with E-state index in [1.54, 1.807) is 31.2 Å². The highest BCUT2D eigenvalue weighted by atomic mass is 16.5. The Hall–Kier alpha value is -2.82. The van der Waals surface area contributed by atoms with Crippen LogP contribution in [0.15, 0.2) is 48.5 Å². The SMILES string of the molecule is CCOC(=O)c1ccccc1NC(=O)NCCc1ccccc1C. The van der Waals surface area contributed by atoms with Gasteiger partial charge >= 0.3 is 12.0 Å². The standard InChI is InChI=1S/C19H22N2O3/c1-3-24-18(22)16-10-6-7-11-17(16)21-19(23)20-13-12-15-9-5-4-8-14(15)2/h4-11H,3,12-13H2,1-2H3,(H2,20,21,23). The Kier molecular flexibility index (Phi) is 6.37. The number of hydrogen-bond acceptors (Lipinski definition) is 3. The van der Waals surface area contributed by atoms with Crippen LogP contribution >= 0.6 is 0 Å². The highest BCUT2D eigenvalue weighted by Gasteiger charge is 2.13. The topological polar surface area (TPSA) is 67.4 Å². The minimum atomic E-state index is -0.451. The van der Waals surface area contributed by atoms with E-state index in [0.717, 1.165) is 6.42 Å². The molecule has 0 unspecified atom stereocenters. The maximum atomic E-state index is 12.0. The summed E-state index contributed by atoms with van der Waals surface area (Å²) in [5.74, 6) is -0.451. The van der Waals surface area contributed by atoms with Gasteiger partial charge in [-0.25, -0.2) is 9.59 Å². The van der Waals surface area contributed by atoms with Crippen molar-refractivity contribution in [2.75, 3.05) is 18.5 Å². The van der Waals surface area contributed by atoms with E-state index in [-0.39, 0.29) is 12.6 Å². The Morgan fingerprint density at radius 1 is 1.04 bits per heavy atom. The summed E-state index contributed by atoms with van der Waals surface area (Å²) in [6.07, 6.45) is 0.750. The minimum absolute atomic E-state index is 0.287. The molecule has 0 heterocycles. The molecular formula is C19H22N2O3. The number of carbonyl (C=O) groups is 2. The van der Waals surface area contributed by atoms with Crippen molar-refractivity contribution in [2.45, 2.75) is 20.3 Å². The predicted octanol–water partition coefficient (Wildman–Crippen LogP) is 3.54. The molecule has 0 aliphatic rings. The van der Waals surface area contributed by atoms with Crippen LogP contribution in [0.1, 0.15) is 28.4 Å². The molecule has 0 aliphatic heterocycles. The second kappa shape index (κ2) is 8.72. The number of urea groups is 1. The molecule has 126 valence electrons. The number of hydrogen-bond donors (Lipinski definition) is 2. The lowest BCUT2D eigenvalue weighted by Gasteiger charge is -2.11. The van der Waals surface area contributed by atoms with E-state index < -0.39 is 5.97 Å². The van der Waals surface area contributed by atoms with E-state index in [1.165, 1.54) is 11.1 Å². The van der Waals surface area contributed by atoms with Crippen LogP contribution in [0.3, 0.4) is 0 Å². The van der Waals surface area contributed by atoms with Crippen molar-refractivity contribution in [1.82, 2.24) is 5.32 Å². The van der Waals surface area contributed by atoms with Gasteiger partial charge in [0.05, 0.1) is 17.9 Å². The van der Waals surface area contributed by atoms with E-state index in [2.05, 4.69) is 10.6 Å². The Morgan fingerprint density at radius 2 is 1.75 bits per heavy atom. The molecule has 0 aliphatic carbocycles. The fourth-order valence-electron chi connectivity index (χ4n) is 2.35. The van der Waals surface area contributed by atoms with Gasteiger partial charge in [0, 0.05) is 6.54 Å². The van der Waals surface area contributed by atoms with Crippen molar-refractivity contribution in [1.29, 1.82) is 0 Å². The summed E-state index contributed by atoms with van der Waals surface area (Å²) in [5.41, 5.74) is 3.18. The van der Waals surface area contributed by atoms with Gasteiger partial charge in [-0.2, -0.15) is 0 Å². The van der Waals surface area contributed by atoms with Crippen molar-refractivity contribution in [2.24, 2.45) is 0 Å². The second-order valence-corrected chi connectivity index (χ2v) is 5.32. The fraction of sp³-hybridized carbons (Fsp3) is 0.263. The molecule has 24 heavy (non-hydrogen) atoms. The second-order valence-electron chi connectivity index (χ2n) is 5.32. The molecule has 2 amide bonds. The summed E-state index contributed by atoms with van der Waals surface area (Å²) >= 11 is 0. The number of nitrogens with one attached hydrogen (secondary N) is 2. The zero-order chi connectivity index (χ0) is 17.4. The van der Waals surface area contributed by atoms with E-state index in [1.807, 2.05) is 31.2 Å². The van der Waals surface area contributed by atoms with Crippen LogP contribution in [0.5, 0.6) is 0 Å². The third-order valence-corrected chi connectivity index (χ3v) is 3.61. The number of amides is 2. The average Bonchev–Trinajstić information content (AvgIpc) is 2.57. The Bertz CT molecular complexity index is 713. The third kappa shape index (κ3) is 4.84. The number of anilines is 1. The Labute approximate surface area is 142 Å². The monoisotopic (exact) mass is 326 g/mol. The molecule has 0 radical (unpaired) electrons. The van der Waals surface area contributed by atoms with Crippen molar-refractivity contribution < 1.29 is 14.3 Å². The molecule has 0 atom stereocenters. The molecule has 0 saturated carbocycles. The molecule has 2 aromatic rings. The van der Waals surface area contributed by atoms with E-state index in [4.69, 9.17) is 4.74 Å². The van der Waals surface area contributed by atoms with Crippen LogP contribution in [0.2, 0.25) is 0 Å². The highest BCUT2D eigenvalue weighted by molar-refractivity contribution is 6.00. The smallest absolute Gasteiger partial charge is 0.340 e. The van der Waals surface area contributed by atoms with Gasteiger partial charge in [-0.3, -0.25) is 0 Å². The number of benzene rings is 2. The van der Waals surface area contributed by atoms with Gasteiger partial charge < -0.3 is 15.4 Å². The summed E-state index contributed by atoms with van der Waals surface area (Å²) in [6, 6.07) is 14.5. The molecular weight excluding hydrogens is 304 g/mol. The average molecular weight is 326 g/mol. The molecule has 2 rings (SSSR count). The highest BCUT2D eigenvalue weighted by Crippen LogP contribution is 2.16. The van der Waals surface area contributed by atoms with E-state index in [0.29, 0.717) is 17.8 Å². The summed E-state index contributed by atoms with van der Waals surface area (Å²) in [4.78, 5) is 23.9. The lowest BCUT2D eigenvalue weighted by molar-refractivity contribution is 0.0527. The lowest BCUT2D eigenvalue weighted by atomic mass is 10.1. The van der Waals surface area contributed by atoms with E-state index in [9.17, 15) is 9.59 Å². The summed E-state index contributed by atoms with van der Waals surface area (Å²) in [6.45, 7) is 4.59. The van der Waals surface area contributed by atoms with Crippen LogP contribution in [0.25, 0.3) is 0 Å². The number of carbonyl (C=O) groups excluding carboxylic acids is 2. The normalized spacial score (nSPS) is 10.1. The maximum Gasteiger partial charge on any atom is 0.340 e. The van der Waals surface area contributed by atoms with Gasteiger partial charge in [-0.05, 0) is 43.5 Å². The Balaban J connectivity index is 1.91. The molecule has 0 aromatic heterocycles. The largest absolute Gasteiger partial charge is 0.462 e. The molecule has 0 fully saturated rings. The van der Waals surface area contributed by atoms with Crippen molar-refractivity contribution in [3.63, 3.8) is 0 Å². The molecule has 2 N–H and O–H groups in total. The maximum absolute atomic E-state index is 12.0. The van der Waals surface area contributed by atoms with Gasteiger partial charge in [0.2, 0.25) is 0 Å². The predicted molar refractivity (Wildman–Crippen MR) is 94.3 cm³/mol. The molecule has 0 spiro atoms. The molecule has 2 aromatic carbocycles. The first-order valence-electron chi connectivity index (χ1n) is 7.97. The summed E-state index contributed by atoms with van der Waals surface area (Å²) in [7, 11) is 0. The number of para-hydroxylation sites is 1. The van der Waals surface area contributed by atoms with Gasteiger partial charge in [0.15, 0.2) is 0 Å². The minimum Gasteiger partial charge on any atom is -0.462 e. The number of ether oxygens (including phenoxy) is 1. The van der Waals surface area contributed by atoms with Gasteiger partial charge in [0.25, 0.3) is 0 Å². The third-order valence-electron chi connectivity index (χ3n) is 3.61. The number of rotatable bonds is 6. The van der Waals surface area contributed by atoms with Crippen LogP contribution in [0, 0.1) is 6.92 Å². The molecule has 5 nitrogen and oxygen atoms in total. The summed E-state index contributed by atoms with van der Waals surface area (Å²) in [5, 5.41) is 5.50. The van der Waals surface area contributed by atoms with Crippen LogP contribution in [-0.4, -0.2) is 25.2 Å². The van der Waals surface area contributed by atoms with Crippen LogP contribution in [0.4, 0.5) is 10.5 Å². The van der Waals surface area contributed by atoms with E-state index >= 15 is 0 Å². The zero-order valence-electron chi connectivity index (χ0n) is 14.0. The summed E-state index contributed by atoms with van der Waals surface area (Å²) < 4.78 is 4.99. The zero-order valence-corrected chi connectivity index (χ0v) is 14.0. The molecule has 5 heteroatoms. The van der Waals surface area contributed by atoms with Gasteiger partial charge in [-0.1, -0.05) is 36.4 Å². The molecule has 0 saturated heterocycles. The van der Waals surface area contributed by atoms with Crippen molar-refractivity contribution >= 4 is 17.7 Å². The first kappa shape index (κ1) is 17.5. The quantitative estimate of drug-likeness (QED) is 0.798. The van der Waals surface area contributed by atoms with Gasteiger partial charge in [-0.15, -0.1) is 0 Å². The Morgan fingerprint density at radius 3 is 2.50 bits per heavy atom. The first-order chi connectivity index (χ1) is 11.6. The fourth-order valence-corrected chi connectivity index (χ4v) is 2.35. The van der Waals surface area contributed by atoms with Gasteiger partial charge in [0.1, 0.15) is 0 Å². The van der Waals surface area contributed by atoms with Crippen molar-refractivity contribution in [3.8, 4) is 0 Å². The van der Waals surface area contributed by atoms with Crippen LogP contribution < -0.4 is 10.6 Å². The lowest BCUT2D eigenvalue weighted by Crippen LogP contribution is -2.31. The number of esters is 1. The number of aryl methyl sites for hydroxylation is 1. The first-order valence-corrected chi connectivity index (χ1v) is 7.97.